The first-order valence-corrected chi connectivity index (χ1v) is 5.65. The molecule has 7 N–H and O–H groups in total. The van der Waals surface area contributed by atoms with Gasteiger partial charge in [-0.2, -0.15) is 0 Å². The largest absolute Gasteiger partial charge is 0.394 e. The topological polar surface area (TPSA) is 131 Å². The lowest BCUT2D eigenvalue weighted by Gasteiger charge is -2.13. The molecule has 0 aliphatic heterocycles. The van der Waals surface area contributed by atoms with Crippen LogP contribution in [0.15, 0.2) is 12.5 Å². The Bertz CT molecular complexity index is 630. The van der Waals surface area contributed by atoms with Gasteiger partial charge < -0.3 is 21.5 Å². The fraction of sp³-hybridized carbons (Fsp3) is 0.300. The van der Waals surface area contributed by atoms with Gasteiger partial charge in [-0.05, 0) is 0 Å². The molecule has 0 aliphatic carbocycles. The summed E-state index contributed by atoms with van der Waals surface area (Å²) in [5.41, 5.74) is 8.83. The van der Waals surface area contributed by atoms with Crippen LogP contribution in [0.5, 0.6) is 0 Å². The van der Waals surface area contributed by atoms with Crippen LogP contribution < -0.4 is 22.3 Å². The molecule has 0 fully saturated rings. The highest BCUT2D eigenvalue weighted by Gasteiger charge is 2.22. The fourth-order valence-electron chi connectivity index (χ4n) is 1.48. The normalized spacial score (nSPS) is 12.7. The van der Waals surface area contributed by atoms with Crippen molar-refractivity contribution in [3.05, 3.63) is 18.4 Å². The number of nitrogens with one attached hydrogen (secondary N) is 3. The highest BCUT2D eigenvalue weighted by atomic mass is 19.3. The second kappa shape index (κ2) is 5.25. The van der Waals surface area contributed by atoms with Crippen LogP contribution in [0.2, 0.25) is 0 Å². The Morgan fingerprint density at radius 1 is 1.50 bits per heavy atom. The number of hydrogen-bond donors (Lipinski definition) is 5. The average Bonchev–Trinajstić information content (AvgIpc) is 2.83. The lowest BCUT2D eigenvalue weighted by Crippen LogP contribution is -2.24. The Hall–Kier alpha value is -2.49. The molecule has 0 aliphatic rings. The molecule has 0 atom stereocenters. The Labute approximate surface area is 112 Å². The first-order valence-electron chi connectivity index (χ1n) is 5.65. The zero-order valence-corrected chi connectivity index (χ0v) is 10.6. The third-order valence-corrected chi connectivity index (χ3v) is 2.35. The standard InChI is InChI=1S/C10H14F2N8/c1-10(11,12)3-15-8-6-9(17-4-16-6)20-7(19-8)5(13)2-18-14/h2,4,18H,3,13-14H2,1H3,(H2,15,16,17,19,20)/b5-2-. The zero-order chi connectivity index (χ0) is 14.8. The summed E-state index contributed by atoms with van der Waals surface area (Å²) < 4.78 is 25.8. The van der Waals surface area contributed by atoms with Crippen LogP contribution in [-0.2, 0) is 0 Å². The second-order valence-corrected chi connectivity index (χ2v) is 4.19. The molecule has 0 spiro atoms. The second-order valence-electron chi connectivity index (χ2n) is 4.19. The van der Waals surface area contributed by atoms with Crippen LogP contribution in [0.25, 0.3) is 16.9 Å². The third kappa shape index (κ3) is 3.09. The number of nitrogens with two attached hydrogens (primary N) is 2. The number of aromatic amines is 1. The first kappa shape index (κ1) is 13.9. The van der Waals surface area contributed by atoms with E-state index in [1.54, 1.807) is 0 Å². The molecule has 2 aromatic heterocycles. The predicted octanol–water partition coefficient (Wildman–Crippen LogP) is 0.140. The van der Waals surface area contributed by atoms with Crippen molar-refractivity contribution in [2.45, 2.75) is 12.8 Å². The van der Waals surface area contributed by atoms with Crippen molar-refractivity contribution in [1.82, 2.24) is 25.4 Å². The van der Waals surface area contributed by atoms with Gasteiger partial charge in [-0.3, -0.25) is 5.84 Å². The van der Waals surface area contributed by atoms with Gasteiger partial charge in [-0.1, -0.05) is 0 Å². The Balaban J connectivity index is 2.41. The van der Waals surface area contributed by atoms with Gasteiger partial charge in [0.1, 0.15) is 5.52 Å². The van der Waals surface area contributed by atoms with Crippen molar-refractivity contribution in [1.29, 1.82) is 0 Å². The number of hydrazine groups is 1. The summed E-state index contributed by atoms with van der Waals surface area (Å²) in [7, 11) is 0. The monoisotopic (exact) mass is 284 g/mol. The molecule has 2 heterocycles. The van der Waals surface area contributed by atoms with Gasteiger partial charge in [0, 0.05) is 13.1 Å². The fourth-order valence-corrected chi connectivity index (χ4v) is 1.48. The third-order valence-electron chi connectivity index (χ3n) is 2.35. The molecule has 0 saturated carbocycles. The van der Waals surface area contributed by atoms with E-state index in [0.29, 0.717) is 11.2 Å². The number of alkyl halides is 2. The Kier molecular flexibility index (Phi) is 3.66. The maximum Gasteiger partial charge on any atom is 0.262 e. The van der Waals surface area contributed by atoms with E-state index in [1.807, 2.05) is 0 Å². The van der Waals surface area contributed by atoms with Gasteiger partial charge in [0.15, 0.2) is 17.3 Å². The quantitative estimate of drug-likeness (QED) is 0.390. The van der Waals surface area contributed by atoms with Gasteiger partial charge >= 0.3 is 0 Å². The van der Waals surface area contributed by atoms with E-state index in [-0.39, 0.29) is 17.3 Å². The van der Waals surface area contributed by atoms with Crippen LogP contribution in [0.1, 0.15) is 12.7 Å². The number of anilines is 1. The zero-order valence-electron chi connectivity index (χ0n) is 10.6. The summed E-state index contributed by atoms with van der Waals surface area (Å²) in [5.74, 6) is 2.56. The molecule has 0 unspecified atom stereocenters. The van der Waals surface area contributed by atoms with Crippen LogP contribution in [0.3, 0.4) is 0 Å². The van der Waals surface area contributed by atoms with Gasteiger partial charge in [-0.25, -0.2) is 23.7 Å². The van der Waals surface area contributed by atoms with E-state index >= 15 is 0 Å². The molecular formula is C10H14F2N8. The van der Waals surface area contributed by atoms with Crippen LogP contribution in [0, 0.1) is 0 Å². The van der Waals surface area contributed by atoms with Crippen LogP contribution >= 0.6 is 0 Å². The van der Waals surface area contributed by atoms with Crippen molar-refractivity contribution >= 4 is 22.7 Å². The number of hydrogen-bond acceptors (Lipinski definition) is 7. The lowest BCUT2D eigenvalue weighted by atomic mass is 10.3. The van der Waals surface area contributed by atoms with Crippen molar-refractivity contribution < 1.29 is 8.78 Å². The SMILES string of the molecule is CC(F)(F)CNc1nc(/C(N)=C/NN)nc2nc[nH]c12. The molecular weight excluding hydrogens is 270 g/mol. The molecule has 0 radical (unpaired) electrons. The van der Waals surface area contributed by atoms with Gasteiger partial charge in [0.25, 0.3) is 5.92 Å². The van der Waals surface area contributed by atoms with E-state index in [2.05, 4.69) is 30.7 Å². The maximum absolute atomic E-state index is 12.9. The van der Waals surface area contributed by atoms with Crippen LogP contribution in [-0.4, -0.2) is 32.4 Å². The summed E-state index contributed by atoms with van der Waals surface area (Å²) >= 11 is 0. The maximum atomic E-state index is 12.9. The predicted molar refractivity (Wildman–Crippen MR) is 70.3 cm³/mol. The average molecular weight is 284 g/mol. The van der Waals surface area contributed by atoms with E-state index in [1.165, 1.54) is 12.5 Å². The minimum absolute atomic E-state index is 0.129. The van der Waals surface area contributed by atoms with E-state index in [4.69, 9.17) is 11.6 Å². The van der Waals surface area contributed by atoms with E-state index < -0.39 is 12.5 Å². The molecule has 0 bridgehead atoms. The van der Waals surface area contributed by atoms with Crippen LogP contribution in [0.4, 0.5) is 14.6 Å². The minimum atomic E-state index is -2.88. The highest BCUT2D eigenvalue weighted by molar-refractivity contribution is 5.83. The van der Waals surface area contributed by atoms with Crippen molar-refractivity contribution in [3.8, 4) is 0 Å². The number of aromatic nitrogens is 4. The number of rotatable bonds is 5. The number of fused-ring (bicyclic) bond motifs is 1. The molecule has 0 aromatic carbocycles. The number of imidazole rings is 1. The number of H-pyrrole nitrogens is 1. The van der Waals surface area contributed by atoms with Gasteiger partial charge in [0.05, 0.1) is 18.6 Å². The van der Waals surface area contributed by atoms with Crippen molar-refractivity contribution in [2.75, 3.05) is 11.9 Å². The number of halogens is 2. The summed E-state index contributed by atoms with van der Waals surface area (Å²) in [4.78, 5) is 14.9. The van der Waals surface area contributed by atoms with E-state index in [9.17, 15) is 8.78 Å². The molecule has 0 amide bonds. The summed E-state index contributed by atoms with van der Waals surface area (Å²) in [6.07, 6.45) is 2.67. The molecule has 108 valence electrons. The molecule has 2 rings (SSSR count). The summed E-state index contributed by atoms with van der Waals surface area (Å²) in [5, 5.41) is 2.54. The highest BCUT2D eigenvalue weighted by Crippen LogP contribution is 2.20. The van der Waals surface area contributed by atoms with E-state index in [0.717, 1.165) is 6.92 Å². The number of nitrogens with zero attached hydrogens (tertiary/aromatic N) is 3. The Morgan fingerprint density at radius 2 is 2.25 bits per heavy atom. The minimum Gasteiger partial charge on any atom is -0.394 e. The molecule has 20 heavy (non-hydrogen) atoms. The van der Waals surface area contributed by atoms with Gasteiger partial charge in [0.2, 0.25) is 0 Å². The molecule has 2 aromatic rings. The van der Waals surface area contributed by atoms with Crippen molar-refractivity contribution in [2.24, 2.45) is 11.6 Å². The smallest absolute Gasteiger partial charge is 0.262 e. The first-order chi connectivity index (χ1) is 9.40. The van der Waals surface area contributed by atoms with Gasteiger partial charge in [-0.15, -0.1) is 0 Å². The molecule has 8 nitrogen and oxygen atoms in total. The lowest BCUT2D eigenvalue weighted by molar-refractivity contribution is 0.0367. The summed E-state index contributed by atoms with van der Waals surface area (Å²) in [6.45, 7) is 0.231. The Morgan fingerprint density at radius 3 is 2.90 bits per heavy atom. The summed E-state index contributed by atoms with van der Waals surface area (Å²) in [6, 6.07) is 0. The van der Waals surface area contributed by atoms with Crippen molar-refractivity contribution in [3.63, 3.8) is 0 Å². The molecule has 0 saturated heterocycles. The molecule has 10 heteroatoms.